The molecular weight excluding hydrogens is 296 g/mol. The smallest absolute Gasteiger partial charge is 0.326 e. The Morgan fingerprint density at radius 1 is 1.30 bits per heavy atom. The van der Waals surface area contributed by atoms with Gasteiger partial charge in [-0.05, 0) is 25.0 Å². The van der Waals surface area contributed by atoms with Crippen LogP contribution < -0.4 is 5.32 Å². The van der Waals surface area contributed by atoms with Crippen molar-refractivity contribution in [2.24, 2.45) is 5.92 Å². The molecular formula is C17H20N2O4. The first-order valence-corrected chi connectivity index (χ1v) is 7.50. The van der Waals surface area contributed by atoms with Crippen molar-refractivity contribution in [2.45, 2.75) is 33.2 Å². The third-order valence-corrected chi connectivity index (χ3v) is 3.80. The van der Waals surface area contributed by atoms with Gasteiger partial charge in [-0.1, -0.05) is 38.5 Å². The number of aromatic nitrogens is 1. The molecule has 1 aromatic carbocycles. The summed E-state index contributed by atoms with van der Waals surface area (Å²) in [6.07, 6.45) is 0.643. The molecule has 6 nitrogen and oxygen atoms in total. The van der Waals surface area contributed by atoms with Gasteiger partial charge in [0.05, 0.1) is 0 Å². The maximum Gasteiger partial charge on any atom is 0.326 e. The van der Waals surface area contributed by atoms with Gasteiger partial charge in [-0.15, -0.1) is 0 Å². The lowest BCUT2D eigenvalue weighted by Crippen LogP contribution is -2.45. The van der Waals surface area contributed by atoms with Gasteiger partial charge < -0.3 is 14.8 Å². The van der Waals surface area contributed by atoms with Crippen LogP contribution in [0.3, 0.4) is 0 Å². The highest BCUT2D eigenvalue weighted by molar-refractivity contribution is 5.96. The van der Waals surface area contributed by atoms with Crippen molar-refractivity contribution in [1.82, 2.24) is 10.3 Å². The van der Waals surface area contributed by atoms with Gasteiger partial charge in [0.25, 0.3) is 5.91 Å². The van der Waals surface area contributed by atoms with Crippen molar-refractivity contribution in [2.75, 3.05) is 0 Å². The van der Waals surface area contributed by atoms with E-state index in [-0.39, 0.29) is 11.6 Å². The van der Waals surface area contributed by atoms with Crippen molar-refractivity contribution in [3.63, 3.8) is 0 Å². The van der Waals surface area contributed by atoms with Crippen LogP contribution >= 0.6 is 0 Å². The Balaban J connectivity index is 2.23. The summed E-state index contributed by atoms with van der Waals surface area (Å²) < 4.78 is 5.53. The van der Waals surface area contributed by atoms with Gasteiger partial charge >= 0.3 is 5.97 Å². The fraction of sp³-hybridized carbons (Fsp3) is 0.353. The van der Waals surface area contributed by atoms with Gasteiger partial charge in [0, 0.05) is 5.56 Å². The number of carboxylic acids is 1. The van der Waals surface area contributed by atoms with Crippen molar-refractivity contribution in [3.8, 4) is 11.5 Å². The van der Waals surface area contributed by atoms with Crippen LogP contribution in [0.25, 0.3) is 11.5 Å². The summed E-state index contributed by atoms with van der Waals surface area (Å²) >= 11 is 0. The lowest BCUT2D eigenvalue weighted by molar-refractivity contribution is -0.140. The molecule has 0 fully saturated rings. The largest absolute Gasteiger partial charge is 0.480 e. The average Bonchev–Trinajstić information content (AvgIpc) is 2.94. The second kappa shape index (κ2) is 7.09. The number of rotatable bonds is 6. The number of nitrogens with one attached hydrogen (secondary N) is 1. The van der Waals surface area contributed by atoms with Gasteiger partial charge in [0.15, 0.2) is 5.69 Å². The predicted octanol–water partition coefficient (Wildman–Crippen LogP) is 2.88. The van der Waals surface area contributed by atoms with Gasteiger partial charge in [0.2, 0.25) is 5.89 Å². The maximum absolute atomic E-state index is 12.3. The molecule has 23 heavy (non-hydrogen) atoms. The third-order valence-electron chi connectivity index (χ3n) is 3.80. The molecule has 1 heterocycles. The van der Waals surface area contributed by atoms with E-state index in [4.69, 9.17) is 4.42 Å². The number of carboxylic acid groups (broad SMARTS) is 1. The van der Waals surface area contributed by atoms with Gasteiger partial charge in [-0.3, -0.25) is 4.79 Å². The molecule has 1 amide bonds. The van der Waals surface area contributed by atoms with E-state index in [9.17, 15) is 14.7 Å². The van der Waals surface area contributed by atoms with Crippen molar-refractivity contribution < 1.29 is 19.1 Å². The van der Waals surface area contributed by atoms with Gasteiger partial charge in [0.1, 0.15) is 11.8 Å². The molecule has 2 aromatic rings. The van der Waals surface area contributed by atoms with E-state index in [0.717, 1.165) is 5.56 Å². The van der Waals surface area contributed by atoms with Crippen LogP contribution in [0.5, 0.6) is 0 Å². The first-order chi connectivity index (χ1) is 10.9. The summed E-state index contributed by atoms with van der Waals surface area (Å²) in [7, 11) is 0. The summed E-state index contributed by atoms with van der Waals surface area (Å²) in [5, 5.41) is 11.8. The Morgan fingerprint density at radius 3 is 2.52 bits per heavy atom. The molecule has 0 saturated carbocycles. The zero-order valence-electron chi connectivity index (χ0n) is 13.4. The van der Waals surface area contributed by atoms with Crippen LogP contribution in [-0.4, -0.2) is 28.0 Å². The van der Waals surface area contributed by atoms with Crippen LogP contribution in [0.15, 0.2) is 34.7 Å². The third kappa shape index (κ3) is 3.77. The number of oxazole rings is 1. The lowest BCUT2D eigenvalue weighted by atomic mass is 9.99. The van der Waals surface area contributed by atoms with Gasteiger partial charge in [-0.25, -0.2) is 9.78 Å². The summed E-state index contributed by atoms with van der Waals surface area (Å²) in [5.74, 6) is -1.09. The van der Waals surface area contributed by atoms with Crippen LogP contribution in [0.1, 0.15) is 36.5 Å². The lowest BCUT2D eigenvalue weighted by Gasteiger charge is -2.19. The Bertz CT molecular complexity index is 694. The molecule has 0 spiro atoms. The molecule has 2 rings (SSSR count). The first-order valence-electron chi connectivity index (χ1n) is 7.50. The minimum absolute atomic E-state index is 0.110. The number of hydrogen-bond donors (Lipinski definition) is 2. The number of nitrogens with zero attached hydrogens (tertiary/aromatic N) is 1. The molecule has 0 bridgehead atoms. The topological polar surface area (TPSA) is 92.4 Å². The maximum atomic E-state index is 12.3. The molecule has 0 radical (unpaired) electrons. The molecule has 0 aliphatic heterocycles. The number of carbonyl (C=O) groups is 2. The Hall–Kier alpha value is -2.63. The van der Waals surface area contributed by atoms with Crippen molar-refractivity contribution >= 4 is 11.9 Å². The van der Waals surface area contributed by atoms with Crippen molar-refractivity contribution in [1.29, 1.82) is 0 Å². The fourth-order valence-electron chi connectivity index (χ4n) is 2.20. The molecule has 0 aliphatic carbocycles. The highest BCUT2D eigenvalue weighted by atomic mass is 16.4. The quantitative estimate of drug-likeness (QED) is 0.855. The van der Waals surface area contributed by atoms with E-state index in [1.54, 1.807) is 13.8 Å². The minimum atomic E-state index is -1.06. The standard InChI is InChI=1S/C17H20N2O4/c1-4-10(2)13(17(21)22)18-15(20)14-11(3)23-16(19-14)12-8-6-5-7-9-12/h5-10,13H,4H2,1-3H3,(H,18,20)(H,21,22)/t10-,13-/m0/s1. The van der Waals surface area contributed by atoms with Crippen LogP contribution in [0, 0.1) is 12.8 Å². The van der Waals surface area contributed by atoms with E-state index in [1.807, 2.05) is 37.3 Å². The van der Waals surface area contributed by atoms with E-state index in [1.165, 1.54) is 0 Å². The Morgan fingerprint density at radius 2 is 1.96 bits per heavy atom. The number of aryl methyl sites for hydroxylation is 1. The molecule has 6 heteroatoms. The molecule has 122 valence electrons. The molecule has 2 atom stereocenters. The zero-order chi connectivity index (χ0) is 17.0. The monoisotopic (exact) mass is 316 g/mol. The summed E-state index contributed by atoms with van der Waals surface area (Å²) in [6.45, 7) is 5.29. The van der Waals surface area contributed by atoms with E-state index >= 15 is 0 Å². The zero-order valence-corrected chi connectivity index (χ0v) is 13.4. The van der Waals surface area contributed by atoms with Crippen LogP contribution in [0.4, 0.5) is 0 Å². The average molecular weight is 316 g/mol. The highest BCUT2D eigenvalue weighted by Gasteiger charge is 2.28. The predicted molar refractivity (Wildman–Crippen MR) is 85.0 cm³/mol. The fourth-order valence-corrected chi connectivity index (χ4v) is 2.20. The SMILES string of the molecule is CC[C@H](C)[C@H](NC(=O)c1nc(-c2ccccc2)oc1C)C(=O)O. The second-order valence-electron chi connectivity index (χ2n) is 5.46. The Kier molecular flexibility index (Phi) is 5.16. The Labute approximate surface area is 134 Å². The van der Waals surface area contributed by atoms with Crippen LogP contribution in [-0.2, 0) is 4.79 Å². The molecule has 0 unspecified atom stereocenters. The molecule has 1 aromatic heterocycles. The van der Waals surface area contributed by atoms with Gasteiger partial charge in [-0.2, -0.15) is 0 Å². The van der Waals surface area contributed by atoms with E-state index in [2.05, 4.69) is 10.3 Å². The molecule has 2 N–H and O–H groups in total. The van der Waals surface area contributed by atoms with E-state index in [0.29, 0.717) is 18.1 Å². The van der Waals surface area contributed by atoms with Crippen LogP contribution in [0.2, 0.25) is 0 Å². The van der Waals surface area contributed by atoms with E-state index < -0.39 is 17.9 Å². The second-order valence-corrected chi connectivity index (χ2v) is 5.46. The van der Waals surface area contributed by atoms with Crippen molar-refractivity contribution in [3.05, 3.63) is 41.8 Å². The normalized spacial score (nSPS) is 13.3. The summed E-state index contributed by atoms with van der Waals surface area (Å²) in [6, 6.07) is 8.26. The number of aliphatic carboxylic acids is 1. The first kappa shape index (κ1) is 16.7. The number of carbonyl (C=O) groups excluding carboxylic acids is 1. The summed E-state index contributed by atoms with van der Waals surface area (Å²) in [5.41, 5.74) is 0.866. The molecule has 0 saturated heterocycles. The number of benzene rings is 1. The molecule has 0 aliphatic rings. The number of hydrogen-bond acceptors (Lipinski definition) is 4. The number of amides is 1. The minimum Gasteiger partial charge on any atom is -0.480 e. The summed E-state index contributed by atoms with van der Waals surface area (Å²) in [4.78, 5) is 27.9. The highest BCUT2D eigenvalue weighted by Crippen LogP contribution is 2.21.